The maximum atomic E-state index is 11.7. The summed E-state index contributed by atoms with van der Waals surface area (Å²) in [4.78, 5) is 24.0. The Bertz CT molecular complexity index is 1740. The number of nitrogens with one attached hydrogen (secondary N) is 1. The average Bonchev–Trinajstić information content (AvgIpc) is 2.90. The molecule has 3 aromatic carbocycles. The van der Waals surface area contributed by atoms with Crippen molar-refractivity contribution in [3.8, 4) is 0 Å². The van der Waals surface area contributed by atoms with E-state index < -0.39 is 15.8 Å². The van der Waals surface area contributed by atoms with Gasteiger partial charge in [0, 0.05) is 35.4 Å². The van der Waals surface area contributed by atoms with Crippen molar-refractivity contribution < 1.29 is 17.5 Å². The molecule has 0 unspecified atom stereocenters. The lowest BCUT2D eigenvalue weighted by atomic mass is 10.1. The number of nitrogens with two attached hydrogens (primary N) is 1. The van der Waals surface area contributed by atoms with Crippen LogP contribution in [-0.4, -0.2) is 39.5 Å². The third-order valence-electron chi connectivity index (χ3n) is 5.43. The molecule has 0 saturated heterocycles. The summed E-state index contributed by atoms with van der Waals surface area (Å²) in [6.07, 6.45) is 3.09. The van der Waals surface area contributed by atoms with E-state index in [9.17, 15) is 22.3 Å². The fourth-order valence-corrected chi connectivity index (χ4v) is 4.63. The number of aryl methyl sites for hydroxylation is 1. The van der Waals surface area contributed by atoms with Crippen molar-refractivity contribution >= 4 is 63.0 Å². The van der Waals surface area contributed by atoms with Crippen LogP contribution in [0.1, 0.15) is 17.0 Å². The molecule has 0 aliphatic rings. The number of azo groups is 1. The van der Waals surface area contributed by atoms with Gasteiger partial charge in [-0.1, -0.05) is 24.3 Å². The molecule has 0 saturated carbocycles. The van der Waals surface area contributed by atoms with Gasteiger partial charge in [-0.05, 0) is 66.6 Å². The van der Waals surface area contributed by atoms with Crippen molar-refractivity contribution in [2.24, 2.45) is 10.2 Å². The number of benzene rings is 3. The molecule has 0 radical (unpaired) electrons. The normalized spacial score (nSPS) is 11.9. The van der Waals surface area contributed by atoms with Crippen LogP contribution in [-0.2, 0) is 10.1 Å². The quantitative estimate of drug-likeness (QED) is 0.0725. The Morgan fingerprint density at radius 3 is 2.28 bits per heavy atom. The minimum absolute atomic E-state index is 0.194. The summed E-state index contributed by atoms with van der Waals surface area (Å²) in [7, 11) is -2.74. The Hall–Kier alpha value is -4.37. The summed E-state index contributed by atoms with van der Waals surface area (Å²) < 4.78 is 42.7. The molecule has 1 heterocycles. The first-order valence-corrected chi connectivity index (χ1v) is 13.5. The number of aromatic nitrogens is 3. The fourth-order valence-electron chi connectivity index (χ4n) is 3.49. The molecule has 39 heavy (non-hydrogen) atoms. The Morgan fingerprint density at radius 1 is 0.974 bits per heavy atom. The number of H-pyrrole nitrogens is 1. The summed E-state index contributed by atoms with van der Waals surface area (Å²) in [5, 5.41) is 8.45. The Balaban J connectivity index is 1.51. The van der Waals surface area contributed by atoms with Crippen molar-refractivity contribution in [3.05, 3.63) is 88.1 Å². The van der Waals surface area contributed by atoms with Crippen LogP contribution < -0.4 is 16.3 Å². The molecular formula is C25H23N7O5S2. The van der Waals surface area contributed by atoms with Crippen molar-refractivity contribution in [3.63, 3.8) is 0 Å². The van der Waals surface area contributed by atoms with Gasteiger partial charge in [0.25, 0.3) is 10.1 Å². The molecule has 200 valence electrons. The molecule has 0 aliphatic carbocycles. The molecule has 0 fully saturated rings. The molecular weight excluding hydrogens is 542 g/mol. The maximum Gasteiger partial charge on any atom is 0.349 e. The van der Waals surface area contributed by atoms with E-state index in [4.69, 9.17) is 5.73 Å². The average molecular weight is 566 g/mol. The zero-order valence-corrected chi connectivity index (χ0v) is 22.3. The van der Waals surface area contributed by atoms with Crippen LogP contribution in [0.15, 0.2) is 85.5 Å². The second kappa shape index (κ2) is 11.6. The predicted octanol–water partition coefficient (Wildman–Crippen LogP) is 5.22. The lowest BCUT2D eigenvalue weighted by molar-refractivity contribution is 0.483. The molecule has 0 aliphatic heterocycles. The number of rotatable bonds is 8. The molecule has 12 nitrogen and oxygen atoms in total. The minimum atomic E-state index is -4.48. The molecule has 4 aromatic rings. The van der Waals surface area contributed by atoms with Crippen molar-refractivity contribution in [2.45, 2.75) is 16.7 Å². The SMILES string of the molecule is Cc1nc(N(C)c2ccc(N=Nc3ccc(/C=C/c4ccc(N)cc4S(=O)(=O)O)c(SO)c3)cc2)nc(=O)[nH]1. The molecule has 5 N–H and O–H groups in total. The highest BCUT2D eigenvalue weighted by Crippen LogP contribution is 2.30. The van der Waals surface area contributed by atoms with Gasteiger partial charge in [0.05, 0.1) is 11.4 Å². The molecule has 0 bridgehead atoms. The number of aromatic amines is 1. The van der Waals surface area contributed by atoms with Crippen molar-refractivity contribution in [1.29, 1.82) is 0 Å². The first-order valence-electron chi connectivity index (χ1n) is 11.2. The van der Waals surface area contributed by atoms with E-state index in [2.05, 4.69) is 25.2 Å². The van der Waals surface area contributed by atoms with Gasteiger partial charge in [0.2, 0.25) is 5.95 Å². The van der Waals surface area contributed by atoms with E-state index in [0.717, 1.165) is 5.69 Å². The molecule has 0 spiro atoms. The first-order chi connectivity index (χ1) is 18.5. The first kappa shape index (κ1) is 27.7. The largest absolute Gasteiger partial charge is 0.399 e. The standard InChI is InChI=1S/C25H23N7O5S2/c1-15-27-24(29-25(33)28-15)32(2)21-11-9-19(10-12-21)30-31-20-8-6-16(22(14-20)38-34)3-4-17-5-7-18(26)13-23(17)39(35,36)37/h3-14,34H,26H2,1-2H3,(H,35,36,37)(H,27,28,29,33)/b4-3+,31-30?. The monoisotopic (exact) mass is 565 g/mol. The Morgan fingerprint density at radius 2 is 1.62 bits per heavy atom. The van der Waals surface area contributed by atoms with Gasteiger partial charge in [-0.2, -0.15) is 28.6 Å². The second-order valence-corrected chi connectivity index (χ2v) is 10.2. The highest BCUT2D eigenvalue weighted by atomic mass is 32.2. The topological polar surface area (TPSA) is 187 Å². The van der Waals surface area contributed by atoms with E-state index >= 15 is 0 Å². The third kappa shape index (κ3) is 6.94. The van der Waals surface area contributed by atoms with Crippen LogP contribution in [0.5, 0.6) is 0 Å². The smallest absolute Gasteiger partial charge is 0.349 e. The molecule has 0 atom stereocenters. The lowest BCUT2D eigenvalue weighted by Gasteiger charge is -2.16. The van der Waals surface area contributed by atoms with E-state index in [1.54, 1.807) is 67.4 Å². The summed E-state index contributed by atoms with van der Waals surface area (Å²) in [6, 6.07) is 16.2. The molecule has 4 rings (SSSR count). The van der Waals surface area contributed by atoms with Gasteiger partial charge in [0.1, 0.15) is 10.7 Å². The van der Waals surface area contributed by atoms with Crippen LogP contribution in [0.25, 0.3) is 12.2 Å². The Labute approximate surface area is 227 Å². The minimum Gasteiger partial charge on any atom is -0.399 e. The summed E-state index contributed by atoms with van der Waals surface area (Å²) in [5.74, 6) is 0.719. The van der Waals surface area contributed by atoms with E-state index in [0.29, 0.717) is 39.7 Å². The zero-order valence-electron chi connectivity index (χ0n) is 20.7. The zero-order chi connectivity index (χ0) is 28.2. The molecule has 0 amide bonds. The van der Waals surface area contributed by atoms with Gasteiger partial charge in [-0.3, -0.25) is 9.54 Å². The van der Waals surface area contributed by atoms with Crippen LogP contribution >= 0.6 is 12.0 Å². The second-order valence-electron chi connectivity index (χ2n) is 8.23. The van der Waals surface area contributed by atoms with Crippen LogP contribution in [0, 0.1) is 6.92 Å². The van der Waals surface area contributed by atoms with Crippen molar-refractivity contribution in [2.75, 3.05) is 17.7 Å². The summed E-state index contributed by atoms with van der Waals surface area (Å²) in [5.41, 5.74) is 7.97. The Kier molecular flexibility index (Phi) is 8.21. The number of hydrogen-bond acceptors (Lipinski definition) is 11. The summed E-state index contributed by atoms with van der Waals surface area (Å²) in [6.45, 7) is 1.67. The highest BCUT2D eigenvalue weighted by molar-refractivity contribution is 7.93. The van der Waals surface area contributed by atoms with Crippen molar-refractivity contribution in [1.82, 2.24) is 15.0 Å². The van der Waals surface area contributed by atoms with E-state index in [-0.39, 0.29) is 22.1 Å². The maximum absolute atomic E-state index is 11.7. The summed E-state index contributed by atoms with van der Waals surface area (Å²) >= 11 is 0.501. The van der Waals surface area contributed by atoms with Gasteiger partial charge >= 0.3 is 5.69 Å². The lowest BCUT2D eigenvalue weighted by Crippen LogP contribution is -2.21. The van der Waals surface area contributed by atoms with E-state index in [1.807, 2.05) is 0 Å². The number of anilines is 3. The number of nitrogen functional groups attached to an aromatic ring is 1. The third-order valence-corrected chi connectivity index (χ3v) is 6.89. The van der Waals surface area contributed by atoms with Gasteiger partial charge < -0.3 is 15.2 Å². The molecule has 14 heteroatoms. The van der Waals surface area contributed by atoms with E-state index in [1.165, 1.54) is 24.3 Å². The van der Waals surface area contributed by atoms with Gasteiger partial charge in [0.15, 0.2) is 0 Å². The fraction of sp³-hybridized carbons (Fsp3) is 0.0800. The van der Waals surface area contributed by atoms with Gasteiger partial charge in [-0.15, -0.1) is 0 Å². The highest BCUT2D eigenvalue weighted by Gasteiger charge is 2.14. The predicted molar refractivity (Wildman–Crippen MR) is 151 cm³/mol. The van der Waals surface area contributed by atoms with Gasteiger partial charge in [-0.25, -0.2) is 4.79 Å². The molecule has 1 aromatic heterocycles. The van der Waals surface area contributed by atoms with Crippen LogP contribution in [0.3, 0.4) is 0 Å². The number of nitrogens with zero attached hydrogens (tertiary/aromatic N) is 5. The number of hydrogen-bond donors (Lipinski definition) is 4. The van der Waals surface area contributed by atoms with Crippen LogP contribution in [0.4, 0.5) is 28.7 Å². The van der Waals surface area contributed by atoms with Crippen LogP contribution in [0.2, 0.25) is 0 Å².